The molecule has 0 aromatic rings. The summed E-state index contributed by atoms with van der Waals surface area (Å²) in [5.41, 5.74) is 7.87. The molecule has 11 heavy (non-hydrogen) atoms. The van der Waals surface area contributed by atoms with Gasteiger partial charge in [0.25, 0.3) is 0 Å². The number of hydrazone groups is 1. The fraction of sp³-hybridized carbons (Fsp3) is 0.500. The predicted octanol–water partition coefficient (Wildman–Crippen LogP) is 0.0462. The van der Waals surface area contributed by atoms with Crippen LogP contribution in [-0.2, 0) is 0 Å². The van der Waals surface area contributed by atoms with Crippen molar-refractivity contribution < 1.29 is 0 Å². The normalized spacial score (nSPS) is 29.3. The van der Waals surface area contributed by atoms with Crippen LogP contribution >= 0.6 is 0 Å². The molecule has 60 valence electrons. The van der Waals surface area contributed by atoms with E-state index < -0.39 is 0 Å². The van der Waals surface area contributed by atoms with E-state index in [0.29, 0.717) is 0 Å². The smallest absolute Gasteiger partial charge is 0.234 e. The van der Waals surface area contributed by atoms with Crippen LogP contribution < -0.4 is 11.2 Å². The van der Waals surface area contributed by atoms with Gasteiger partial charge in [0.15, 0.2) is 0 Å². The molecule has 0 fully saturated rings. The molecule has 0 aromatic carbocycles. The van der Waals surface area contributed by atoms with E-state index >= 15 is 0 Å². The fourth-order valence-electron chi connectivity index (χ4n) is 0.660. The molecule has 1 aliphatic rings. The highest BCUT2D eigenvalue weighted by Crippen LogP contribution is 1.90. The van der Waals surface area contributed by atoms with Gasteiger partial charge in [-0.2, -0.15) is 10.2 Å². The molecule has 0 amide bonds. The number of hydrogen-bond acceptors (Lipinski definition) is 5. The maximum absolute atomic E-state index is 5.34. The monoisotopic (exact) mass is 153 g/mol. The Bertz CT molecular complexity index is 193. The molecule has 1 heterocycles. The third-order valence-corrected chi connectivity index (χ3v) is 1.18. The molecular formula is C6H11N5. The Balaban J connectivity index is 2.52. The molecule has 0 saturated carbocycles. The van der Waals surface area contributed by atoms with Crippen molar-refractivity contribution in [1.29, 1.82) is 0 Å². The zero-order chi connectivity index (χ0) is 7.94. The van der Waals surface area contributed by atoms with Gasteiger partial charge in [0.05, 0.1) is 0 Å². The lowest BCUT2D eigenvalue weighted by molar-refractivity contribution is 0.906. The molecule has 3 N–H and O–H groups in total. The zero-order valence-corrected chi connectivity index (χ0v) is 6.20. The first-order valence-corrected chi connectivity index (χ1v) is 3.52. The van der Waals surface area contributed by atoms with Crippen molar-refractivity contribution in [3.63, 3.8) is 0 Å². The van der Waals surface area contributed by atoms with Crippen LogP contribution in [0.15, 0.2) is 15.3 Å². The first kappa shape index (κ1) is 7.71. The van der Waals surface area contributed by atoms with Gasteiger partial charge in [0.1, 0.15) is 0 Å². The first-order chi connectivity index (χ1) is 5.39. The Morgan fingerprint density at radius 3 is 3.09 bits per heavy atom. The van der Waals surface area contributed by atoms with E-state index in [1.807, 2.05) is 0 Å². The molecule has 0 aromatic heterocycles. The summed E-state index contributed by atoms with van der Waals surface area (Å²) >= 11 is 0. The third-order valence-electron chi connectivity index (χ3n) is 1.18. The molecule has 0 unspecified atom stereocenters. The fourth-order valence-corrected chi connectivity index (χ4v) is 0.660. The second kappa shape index (κ2) is 4.43. The number of hydrogen-bond donors (Lipinski definition) is 2. The highest BCUT2D eigenvalue weighted by atomic mass is 15.4. The zero-order valence-electron chi connectivity index (χ0n) is 6.20. The second-order valence-corrected chi connectivity index (χ2v) is 2.14. The minimum Gasteiger partial charge on any atom is -0.367 e. The molecule has 0 spiro atoms. The highest BCUT2D eigenvalue weighted by Gasteiger charge is 1.87. The molecule has 0 atom stereocenters. The van der Waals surface area contributed by atoms with Crippen LogP contribution in [0.5, 0.6) is 0 Å². The van der Waals surface area contributed by atoms with Crippen molar-refractivity contribution in [3.05, 3.63) is 0 Å². The molecule has 0 saturated heterocycles. The van der Waals surface area contributed by atoms with E-state index in [0.717, 1.165) is 19.3 Å². The van der Waals surface area contributed by atoms with Gasteiger partial charge in [0, 0.05) is 12.4 Å². The summed E-state index contributed by atoms with van der Waals surface area (Å²) in [6.45, 7) is 0. The first-order valence-electron chi connectivity index (χ1n) is 3.52. The van der Waals surface area contributed by atoms with E-state index in [-0.39, 0.29) is 5.96 Å². The summed E-state index contributed by atoms with van der Waals surface area (Å²) in [6.07, 6.45) is 6.43. The average Bonchev–Trinajstić information content (AvgIpc) is 2.03. The van der Waals surface area contributed by atoms with Gasteiger partial charge in [-0.15, -0.1) is 5.10 Å². The van der Waals surface area contributed by atoms with Gasteiger partial charge in [-0.05, 0) is 19.3 Å². The highest BCUT2D eigenvalue weighted by molar-refractivity contribution is 5.79. The molecule has 5 nitrogen and oxygen atoms in total. The Morgan fingerprint density at radius 1 is 1.36 bits per heavy atom. The molecule has 1 rings (SSSR count). The molecule has 0 aliphatic carbocycles. The average molecular weight is 153 g/mol. The van der Waals surface area contributed by atoms with Crippen LogP contribution in [-0.4, -0.2) is 18.4 Å². The van der Waals surface area contributed by atoms with Gasteiger partial charge in [-0.25, -0.2) is 5.43 Å². The summed E-state index contributed by atoms with van der Waals surface area (Å²) in [7, 11) is 0. The largest absolute Gasteiger partial charge is 0.367 e. The van der Waals surface area contributed by atoms with E-state index in [9.17, 15) is 0 Å². The number of nitrogens with one attached hydrogen (secondary N) is 1. The Labute approximate surface area is 65.1 Å². The third kappa shape index (κ3) is 3.34. The van der Waals surface area contributed by atoms with Gasteiger partial charge >= 0.3 is 0 Å². The quantitative estimate of drug-likeness (QED) is 0.515. The van der Waals surface area contributed by atoms with Crippen LogP contribution in [0.3, 0.4) is 0 Å². The number of nitrogens with two attached hydrogens (primary N) is 1. The summed E-state index contributed by atoms with van der Waals surface area (Å²) < 4.78 is 0. The Morgan fingerprint density at radius 2 is 2.18 bits per heavy atom. The second-order valence-electron chi connectivity index (χ2n) is 2.14. The van der Waals surface area contributed by atoms with Crippen molar-refractivity contribution >= 4 is 18.4 Å². The van der Waals surface area contributed by atoms with E-state index in [1.165, 1.54) is 0 Å². The molecule has 0 bridgehead atoms. The minimum absolute atomic E-state index is 0.222. The Hall–Kier alpha value is -1.39. The Kier molecular flexibility index (Phi) is 3.11. The summed E-state index contributed by atoms with van der Waals surface area (Å²) in [6, 6.07) is 0. The standard InChI is InChI=1S/C6H11N5/c7-6-10-8-4-2-1-3-5-9-11-6/h4-5H,1-3H2,(H3,7,10,11)/b8-4+,9-5+. The lowest BCUT2D eigenvalue weighted by atomic mass is 10.3. The SMILES string of the molecule is N/C1=N/N=C/CCC/C=N/N1. The number of guanidine groups is 1. The lowest BCUT2D eigenvalue weighted by Gasteiger charge is -1.96. The van der Waals surface area contributed by atoms with Crippen LogP contribution in [0, 0.1) is 0 Å². The van der Waals surface area contributed by atoms with Crippen molar-refractivity contribution in [2.75, 3.05) is 0 Å². The summed E-state index contributed by atoms with van der Waals surface area (Å²) in [5.74, 6) is 0.222. The van der Waals surface area contributed by atoms with Crippen molar-refractivity contribution in [2.45, 2.75) is 19.3 Å². The van der Waals surface area contributed by atoms with Gasteiger partial charge in [-0.3, -0.25) is 0 Å². The summed E-state index contributed by atoms with van der Waals surface area (Å²) in [4.78, 5) is 0. The van der Waals surface area contributed by atoms with Crippen molar-refractivity contribution in [1.82, 2.24) is 5.43 Å². The van der Waals surface area contributed by atoms with Gasteiger partial charge in [0.2, 0.25) is 5.96 Å². The van der Waals surface area contributed by atoms with Gasteiger partial charge in [-0.1, -0.05) is 0 Å². The van der Waals surface area contributed by atoms with E-state index in [1.54, 1.807) is 12.4 Å². The molecular weight excluding hydrogens is 142 g/mol. The van der Waals surface area contributed by atoms with Crippen LogP contribution in [0.1, 0.15) is 19.3 Å². The predicted molar refractivity (Wildman–Crippen MR) is 45.6 cm³/mol. The van der Waals surface area contributed by atoms with E-state index in [2.05, 4.69) is 20.7 Å². The maximum atomic E-state index is 5.34. The number of rotatable bonds is 0. The molecule has 5 heteroatoms. The maximum Gasteiger partial charge on any atom is 0.234 e. The topological polar surface area (TPSA) is 75.1 Å². The van der Waals surface area contributed by atoms with Gasteiger partial charge < -0.3 is 5.73 Å². The minimum atomic E-state index is 0.222. The van der Waals surface area contributed by atoms with Crippen molar-refractivity contribution in [3.8, 4) is 0 Å². The number of nitrogens with zero attached hydrogens (tertiary/aromatic N) is 3. The van der Waals surface area contributed by atoms with Crippen LogP contribution in [0.2, 0.25) is 0 Å². The van der Waals surface area contributed by atoms with Crippen molar-refractivity contribution in [2.24, 2.45) is 21.0 Å². The van der Waals surface area contributed by atoms with Crippen LogP contribution in [0.25, 0.3) is 0 Å². The summed E-state index contributed by atoms with van der Waals surface area (Å²) in [5, 5.41) is 11.1. The molecule has 1 aliphatic heterocycles. The van der Waals surface area contributed by atoms with E-state index in [4.69, 9.17) is 5.73 Å². The lowest BCUT2D eigenvalue weighted by Crippen LogP contribution is -2.26. The van der Waals surface area contributed by atoms with Crippen LogP contribution in [0.4, 0.5) is 0 Å². The molecule has 0 radical (unpaired) electrons.